The van der Waals surface area contributed by atoms with E-state index in [1.165, 1.54) is 32.7 Å². The van der Waals surface area contributed by atoms with Gasteiger partial charge < -0.3 is 16.0 Å². The first kappa shape index (κ1) is 12.1. The number of likely N-dealkylation sites (N-methyl/N-ethyl adjacent to an activating group) is 1. The standard InChI is InChI=1S/C6H14N2.C3H5NO/c1-2-8-5-3-7-4-6-8;1-2-3(4)5/h7H,2-6H2,1H3;2H,1H2,(H2,4,5). The Bertz CT molecular complexity index is 153. The molecule has 0 unspecified atom stereocenters. The number of hydrogen-bond acceptors (Lipinski definition) is 3. The Morgan fingerprint density at radius 3 is 2.31 bits per heavy atom. The zero-order chi connectivity index (χ0) is 10.1. The van der Waals surface area contributed by atoms with Crippen molar-refractivity contribution in [2.45, 2.75) is 6.92 Å². The molecule has 0 radical (unpaired) electrons. The molecule has 1 amide bonds. The second kappa shape index (κ2) is 7.76. The fourth-order valence-electron chi connectivity index (χ4n) is 1.03. The first-order valence-corrected chi connectivity index (χ1v) is 4.55. The predicted octanol–water partition coefficient (Wildman–Crippen LogP) is -0.431. The van der Waals surface area contributed by atoms with Gasteiger partial charge in [0.1, 0.15) is 0 Å². The van der Waals surface area contributed by atoms with E-state index in [-0.39, 0.29) is 0 Å². The molecule has 4 heteroatoms. The highest BCUT2D eigenvalue weighted by Gasteiger charge is 2.04. The zero-order valence-corrected chi connectivity index (χ0v) is 8.25. The van der Waals surface area contributed by atoms with Crippen molar-refractivity contribution >= 4 is 5.91 Å². The van der Waals surface area contributed by atoms with Crippen LogP contribution in [0.4, 0.5) is 0 Å². The molecule has 1 aliphatic heterocycles. The van der Waals surface area contributed by atoms with Gasteiger partial charge in [-0.15, -0.1) is 0 Å². The van der Waals surface area contributed by atoms with Gasteiger partial charge in [-0.1, -0.05) is 13.5 Å². The number of rotatable bonds is 2. The van der Waals surface area contributed by atoms with E-state index in [9.17, 15) is 4.79 Å². The predicted molar refractivity (Wildman–Crippen MR) is 54.4 cm³/mol. The molecule has 0 bridgehead atoms. The van der Waals surface area contributed by atoms with E-state index < -0.39 is 5.91 Å². The lowest BCUT2D eigenvalue weighted by Gasteiger charge is -2.25. The molecule has 3 N–H and O–H groups in total. The van der Waals surface area contributed by atoms with E-state index in [1.807, 2.05) is 0 Å². The van der Waals surface area contributed by atoms with Crippen LogP contribution in [0.25, 0.3) is 0 Å². The van der Waals surface area contributed by atoms with Crippen molar-refractivity contribution in [3.8, 4) is 0 Å². The van der Waals surface area contributed by atoms with Crippen molar-refractivity contribution in [3.63, 3.8) is 0 Å². The Hall–Kier alpha value is -0.870. The molecule has 1 saturated heterocycles. The summed E-state index contributed by atoms with van der Waals surface area (Å²) in [7, 11) is 0. The third-order valence-corrected chi connectivity index (χ3v) is 1.86. The summed E-state index contributed by atoms with van der Waals surface area (Å²) in [6.07, 6.45) is 1.06. The lowest BCUT2D eigenvalue weighted by Crippen LogP contribution is -2.43. The third-order valence-electron chi connectivity index (χ3n) is 1.86. The van der Waals surface area contributed by atoms with E-state index in [0.717, 1.165) is 6.08 Å². The highest BCUT2D eigenvalue weighted by molar-refractivity contribution is 5.84. The number of piperazine rings is 1. The van der Waals surface area contributed by atoms with Crippen LogP contribution in [0.3, 0.4) is 0 Å². The summed E-state index contributed by atoms with van der Waals surface area (Å²) in [5, 5.41) is 3.31. The van der Waals surface area contributed by atoms with Crippen LogP contribution in [0.2, 0.25) is 0 Å². The molecule has 0 aromatic rings. The molecule has 1 rings (SSSR count). The summed E-state index contributed by atoms with van der Waals surface area (Å²) < 4.78 is 0. The van der Waals surface area contributed by atoms with E-state index in [0.29, 0.717) is 0 Å². The number of nitrogens with zero attached hydrogens (tertiary/aromatic N) is 1. The molecule has 13 heavy (non-hydrogen) atoms. The van der Waals surface area contributed by atoms with Crippen molar-refractivity contribution in [1.82, 2.24) is 10.2 Å². The topological polar surface area (TPSA) is 58.4 Å². The van der Waals surface area contributed by atoms with Crippen LogP contribution in [-0.4, -0.2) is 43.5 Å². The van der Waals surface area contributed by atoms with E-state index in [4.69, 9.17) is 0 Å². The van der Waals surface area contributed by atoms with Crippen molar-refractivity contribution in [3.05, 3.63) is 12.7 Å². The smallest absolute Gasteiger partial charge is 0.240 e. The Labute approximate surface area is 79.8 Å². The molecule has 0 saturated carbocycles. The largest absolute Gasteiger partial charge is 0.366 e. The van der Waals surface area contributed by atoms with Gasteiger partial charge in [0.05, 0.1) is 0 Å². The van der Waals surface area contributed by atoms with Crippen LogP contribution in [-0.2, 0) is 4.79 Å². The minimum absolute atomic E-state index is 0.481. The van der Waals surface area contributed by atoms with Crippen LogP contribution in [0.15, 0.2) is 12.7 Å². The first-order valence-electron chi connectivity index (χ1n) is 4.55. The highest BCUT2D eigenvalue weighted by atomic mass is 16.1. The maximum Gasteiger partial charge on any atom is 0.240 e. The number of carbonyl (C=O) groups is 1. The highest BCUT2D eigenvalue weighted by Crippen LogP contribution is 1.88. The zero-order valence-electron chi connectivity index (χ0n) is 8.25. The van der Waals surface area contributed by atoms with E-state index in [2.05, 4.69) is 29.5 Å². The average Bonchev–Trinajstić information content (AvgIpc) is 2.20. The Morgan fingerprint density at radius 2 is 2.08 bits per heavy atom. The minimum atomic E-state index is -0.481. The molecule has 1 fully saturated rings. The lowest BCUT2D eigenvalue weighted by atomic mass is 10.4. The van der Waals surface area contributed by atoms with Gasteiger partial charge in [-0.05, 0) is 12.6 Å². The molecule has 0 aromatic heterocycles. The number of hydrogen-bond donors (Lipinski definition) is 2. The summed E-state index contributed by atoms with van der Waals surface area (Å²) in [5.74, 6) is -0.481. The number of primary amides is 1. The van der Waals surface area contributed by atoms with Gasteiger partial charge in [0.25, 0.3) is 0 Å². The van der Waals surface area contributed by atoms with E-state index >= 15 is 0 Å². The molecule has 4 nitrogen and oxygen atoms in total. The maximum absolute atomic E-state index is 9.47. The summed E-state index contributed by atoms with van der Waals surface area (Å²) >= 11 is 0. The Morgan fingerprint density at radius 1 is 1.62 bits per heavy atom. The monoisotopic (exact) mass is 185 g/mol. The fourth-order valence-corrected chi connectivity index (χ4v) is 1.03. The van der Waals surface area contributed by atoms with Crippen LogP contribution >= 0.6 is 0 Å². The number of nitrogens with two attached hydrogens (primary N) is 1. The van der Waals surface area contributed by atoms with Crippen molar-refractivity contribution in [1.29, 1.82) is 0 Å². The van der Waals surface area contributed by atoms with Crippen LogP contribution in [0.5, 0.6) is 0 Å². The molecule has 0 aliphatic carbocycles. The molecule has 0 spiro atoms. The maximum atomic E-state index is 9.47. The Kier molecular flexibility index (Phi) is 7.24. The summed E-state index contributed by atoms with van der Waals surface area (Å²) in [5.41, 5.74) is 4.53. The SMILES string of the molecule is C=CC(N)=O.CCN1CCNCC1. The van der Waals surface area contributed by atoms with Gasteiger partial charge >= 0.3 is 0 Å². The van der Waals surface area contributed by atoms with Crippen LogP contribution < -0.4 is 11.1 Å². The first-order chi connectivity index (χ1) is 6.20. The quantitative estimate of drug-likeness (QED) is 0.574. The van der Waals surface area contributed by atoms with Crippen LogP contribution in [0.1, 0.15) is 6.92 Å². The summed E-state index contributed by atoms with van der Waals surface area (Å²) in [6, 6.07) is 0. The fraction of sp³-hybridized carbons (Fsp3) is 0.667. The lowest BCUT2D eigenvalue weighted by molar-refractivity contribution is -0.113. The molecule has 1 aliphatic rings. The van der Waals surface area contributed by atoms with Crippen molar-refractivity contribution in [2.24, 2.45) is 5.73 Å². The third kappa shape index (κ3) is 7.49. The van der Waals surface area contributed by atoms with Crippen LogP contribution in [0, 0.1) is 0 Å². The van der Waals surface area contributed by atoms with Crippen molar-refractivity contribution in [2.75, 3.05) is 32.7 Å². The number of nitrogens with one attached hydrogen (secondary N) is 1. The molecule has 0 atom stereocenters. The van der Waals surface area contributed by atoms with Gasteiger partial charge in [0.2, 0.25) is 5.91 Å². The normalized spacial score (nSPS) is 17.0. The molecule has 0 aromatic carbocycles. The molecular formula is C9H19N3O. The average molecular weight is 185 g/mol. The van der Waals surface area contributed by atoms with Gasteiger partial charge in [0.15, 0.2) is 0 Å². The van der Waals surface area contributed by atoms with Gasteiger partial charge in [-0.25, -0.2) is 0 Å². The summed E-state index contributed by atoms with van der Waals surface area (Å²) in [6.45, 7) is 11.3. The minimum Gasteiger partial charge on any atom is -0.366 e. The second-order valence-corrected chi connectivity index (χ2v) is 2.79. The summed E-state index contributed by atoms with van der Waals surface area (Å²) in [4.78, 5) is 11.9. The second-order valence-electron chi connectivity index (χ2n) is 2.79. The number of amides is 1. The molecule has 76 valence electrons. The Balaban J connectivity index is 0.000000252. The molecular weight excluding hydrogens is 166 g/mol. The van der Waals surface area contributed by atoms with E-state index in [1.54, 1.807) is 0 Å². The van der Waals surface area contributed by atoms with Gasteiger partial charge in [0, 0.05) is 26.2 Å². The van der Waals surface area contributed by atoms with Gasteiger partial charge in [-0.3, -0.25) is 4.79 Å². The molecule has 1 heterocycles. The van der Waals surface area contributed by atoms with Crippen molar-refractivity contribution < 1.29 is 4.79 Å². The number of carbonyl (C=O) groups excluding carboxylic acids is 1. The van der Waals surface area contributed by atoms with Gasteiger partial charge in [-0.2, -0.15) is 0 Å².